The largest absolute Gasteiger partial charge is 0.504 e. The number of nitrogens with one attached hydrogen (secondary N) is 1. The van der Waals surface area contributed by atoms with Crippen molar-refractivity contribution in [2.75, 3.05) is 5.73 Å². The van der Waals surface area contributed by atoms with E-state index in [4.69, 9.17) is 10.8 Å². The Morgan fingerprint density at radius 2 is 2.17 bits per heavy atom. The Bertz CT molecular complexity index is 348. The SMILES string of the molecule is Nc1cc(=O)[nH]c(C(F)F)c1O. The first-order valence-corrected chi connectivity index (χ1v) is 3.02. The number of halogens is 2. The lowest BCUT2D eigenvalue weighted by atomic mass is 10.3. The van der Waals surface area contributed by atoms with Gasteiger partial charge in [-0.2, -0.15) is 0 Å². The Labute approximate surface area is 65.6 Å². The lowest BCUT2D eigenvalue weighted by molar-refractivity contribution is 0.141. The molecule has 1 heterocycles. The van der Waals surface area contributed by atoms with Crippen molar-refractivity contribution >= 4 is 5.69 Å². The monoisotopic (exact) mass is 176 g/mol. The van der Waals surface area contributed by atoms with Crippen LogP contribution in [0.15, 0.2) is 10.9 Å². The molecule has 0 aliphatic heterocycles. The number of alkyl halides is 2. The summed E-state index contributed by atoms with van der Waals surface area (Å²) in [5.41, 5.74) is 3.09. The molecule has 0 aliphatic rings. The van der Waals surface area contributed by atoms with Gasteiger partial charge in [-0.15, -0.1) is 0 Å². The molecule has 0 bridgehead atoms. The summed E-state index contributed by atoms with van der Waals surface area (Å²) in [6.45, 7) is 0. The number of aromatic nitrogens is 1. The molecule has 66 valence electrons. The molecular weight excluding hydrogens is 170 g/mol. The van der Waals surface area contributed by atoms with Gasteiger partial charge in [-0.25, -0.2) is 8.78 Å². The highest BCUT2D eigenvalue weighted by molar-refractivity contribution is 5.53. The van der Waals surface area contributed by atoms with Gasteiger partial charge in [0.25, 0.3) is 12.0 Å². The van der Waals surface area contributed by atoms with E-state index in [0.717, 1.165) is 6.07 Å². The van der Waals surface area contributed by atoms with Gasteiger partial charge in [0, 0.05) is 6.07 Å². The topological polar surface area (TPSA) is 79.1 Å². The maximum atomic E-state index is 12.0. The van der Waals surface area contributed by atoms with Gasteiger partial charge >= 0.3 is 0 Å². The van der Waals surface area contributed by atoms with Crippen LogP contribution in [0.5, 0.6) is 5.75 Å². The number of aromatic amines is 1. The molecule has 4 nitrogen and oxygen atoms in total. The van der Waals surface area contributed by atoms with Crippen molar-refractivity contribution in [2.45, 2.75) is 6.43 Å². The molecule has 0 atom stereocenters. The van der Waals surface area contributed by atoms with Crippen LogP contribution in [0.4, 0.5) is 14.5 Å². The van der Waals surface area contributed by atoms with Crippen LogP contribution in [0.25, 0.3) is 0 Å². The Hall–Kier alpha value is -1.59. The van der Waals surface area contributed by atoms with Crippen molar-refractivity contribution in [3.05, 3.63) is 22.1 Å². The predicted octanol–water partition coefficient (Wildman–Crippen LogP) is 0.600. The Morgan fingerprint density at radius 3 is 2.67 bits per heavy atom. The predicted molar refractivity (Wildman–Crippen MR) is 38.1 cm³/mol. The summed E-state index contributed by atoms with van der Waals surface area (Å²) in [6, 6.07) is 0.835. The van der Waals surface area contributed by atoms with Gasteiger partial charge in [-0.3, -0.25) is 4.79 Å². The minimum Gasteiger partial charge on any atom is -0.504 e. The van der Waals surface area contributed by atoms with E-state index in [9.17, 15) is 13.6 Å². The second kappa shape index (κ2) is 2.80. The fourth-order valence-corrected chi connectivity index (χ4v) is 0.751. The normalized spacial score (nSPS) is 10.6. The highest BCUT2D eigenvalue weighted by Crippen LogP contribution is 2.28. The molecule has 0 unspecified atom stereocenters. The third-order valence-corrected chi connectivity index (χ3v) is 1.29. The van der Waals surface area contributed by atoms with Crippen LogP contribution in [0, 0.1) is 0 Å². The van der Waals surface area contributed by atoms with Gasteiger partial charge in [-0.1, -0.05) is 0 Å². The van der Waals surface area contributed by atoms with E-state index in [1.54, 1.807) is 4.98 Å². The van der Waals surface area contributed by atoms with E-state index < -0.39 is 23.4 Å². The van der Waals surface area contributed by atoms with Crippen LogP contribution < -0.4 is 11.3 Å². The first-order chi connectivity index (χ1) is 5.52. The van der Waals surface area contributed by atoms with Crippen molar-refractivity contribution in [3.63, 3.8) is 0 Å². The molecule has 4 N–H and O–H groups in total. The standard InChI is InChI=1S/C6H6F2N2O2/c7-6(8)4-5(12)2(9)1-3(11)10-4/h1,6,12H,(H3,9,10,11). The molecule has 6 heteroatoms. The number of nitrogen functional groups attached to an aromatic ring is 1. The lowest BCUT2D eigenvalue weighted by Gasteiger charge is -2.03. The van der Waals surface area contributed by atoms with E-state index >= 15 is 0 Å². The highest BCUT2D eigenvalue weighted by atomic mass is 19.3. The van der Waals surface area contributed by atoms with Gasteiger partial charge in [0.15, 0.2) is 5.75 Å². The minimum absolute atomic E-state index is 0.353. The van der Waals surface area contributed by atoms with E-state index in [-0.39, 0.29) is 5.69 Å². The minimum atomic E-state index is -2.94. The molecular formula is C6H6F2N2O2. The van der Waals surface area contributed by atoms with Crippen molar-refractivity contribution in [1.29, 1.82) is 0 Å². The third-order valence-electron chi connectivity index (χ3n) is 1.29. The van der Waals surface area contributed by atoms with Crippen molar-refractivity contribution in [2.24, 2.45) is 0 Å². The third kappa shape index (κ3) is 1.36. The summed E-state index contributed by atoms with van der Waals surface area (Å²) in [4.78, 5) is 12.4. The number of aromatic hydroxyl groups is 1. The van der Waals surface area contributed by atoms with E-state index in [0.29, 0.717) is 0 Å². The Morgan fingerprint density at radius 1 is 1.58 bits per heavy atom. The second-order valence-electron chi connectivity index (χ2n) is 2.15. The van der Waals surface area contributed by atoms with E-state index in [2.05, 4.69) is 0 Å². The van der Waals surface area contributed by atoms with Crippen LogP contribution in [0.1, 0.15) is 12.1 Å². The zero-order valence-electron chi connectivity index (χ0n) is 5.84. The zero-order chi connectivity index (χ0) is 9.30. The van der Waals surface area contributed by atoms with Gasteiger partial charge in [-0.05, 0) is 0 Å². The molecule has 12 heavy (non-hydrogen) atoms. The van der Waals surface area contributed by atoms with Crippen LogP contribution >= 0.6 is 0 Å². The molecule has 0 amide bonds. The number of hydrogen-bond acceptors (Lipinski definition) is 3. The summed E-state index contributed by atoms with van der Waals surface area (Å²) in [5.74, 6) is -0.774. The smallest absolute Gasteiger partial charge is 0.282 e. The summed E-state index contributed by atoms with van der Waals surface area (Å²) < 4.78 is 24.0. The fraction of sp³-hybridized carbons (Fsp3) is 0.167. The average Bonchev–Trinajstić information content (AvgIpc) is 1.96. The summed E-state index contributed by atoms with van der Waals surface area (Å²) >= 11 is 0. The molecule has 0 fully saturated rings. The second-order valence-corrected chi connectivity index (χ2v) is 2.15. The molecule has 1 rings (SSSR count). The van der Waals surface area contributed by atoms with E-state index in [1.165, 1.54) is 0 Å². The molecule has 0 radical (unpaired) electrons. The quantitative estimate of drug-likeness (QED) is 0.586. The molecule has 0 saturated heterocycles. The molecule has 0 spiro atoms. The zero-order valence-corrected chi connectivity index (χ0v) is 5.84. The first kappa shape index (κ1) is 8.51. The van der Waals surface area contributed by atoms with Gasteiger partial charge in [0.1, 0.15) is 5.69 Å². The molecule has 0 aromatic carbocycles. The first-order valence-electron chi connectivity index (χ1n) is 3.02. The molecule has 1 aromatic heterocycles. The number of hydrogen-bond donors (Lipinski definition) is 3. The van der Waals surface area contributed by atoms with Crippen molar-refractivity contribution < 1.29 is 13.9 Å². The van der Waals surface area contributed by atoms with Crippen LogP contribution in [-0.2, 0) is 0 Å². The fourth-order valence-electron chi connectivity index (χ4n) is 0.751. The molecule has 1 aromatic rings. The van der Waals surface area contributed by atoms with Crippen LogP contribution in [-0.4, -0.2) is 10.1 Å². The maximum absolute atomic E-state index is 12.0. The Kier molecular flexibility index (Phi) is 1.99. The summed E-state index contributed by atoms with van der Waals surface area (Å²) in [5, 5.41) is 8.92. The van der Waals surface area contributed by atoms with E-state index in [1.807, 2.05) is 0 Å². The number of nitrogens with two attached hydrogens (primary N) is 1. The van der Waals surface area contributed by atoms with Gasteiger partial charge in [0.05, 0.1) is 5.69 Å². The molecule has 0 aliphatic carbocycles. The van der Waals surface area contributed by atoms with Crippen molar-refractivity contribution in [1.82, 2.24) is 4.98 Å². The number of rotatable bonds is 1. The van der Waals surface area contributed by atoms with Gasteiger partial charge < -0.3 is 15.8 Å². The lowest BCUT2D eigenvalue weighted by Crippen LogP contribution is -2.10. The Balaban J connectivity index is 3.38. The average molecular weight is 176 g/mol. The molecule has 0 saturated carbocycles. The van der Waals surface area contributed by atoms with Crippen LogP contribution in [0.3, 0.4) is 0 Å². The number of pyridine rings is 1. The highest BCUT2D eigenvalue weighted by Gasteiger charge is 2.15. The summed E-state index contributed by atoms with van der Waals surface area (Å²) in [7, 11) is 0. The van der Waals surface area contributed by atoms with Crippen molar-refractivity contribution in [3.8, 4) is 5.75 Å². The number of anilines is 1. The number of H-pyrrole nitrogens is 1. The van der Waals surface area contributed by atoms with Crippen LogP contribution in [0.2, 0.25) is 0 Å². The van der Waals surface area contributed by atoms with Gasteiger partial charge in [0.2, 0.25) is 0 Å². The summed E-state index contributed by atoms with van der Waals surface area (Å²) in [6.07, 6.45) is -2.94. The maximum Gasteiger partial charge on any atom is 0.282 e.